The van der Waals surface area contributed by atoms with E-state index < -0.39 is 0 Å². The Bertz CT molecular complexity index is 170. The van der Waals surface area contributed by atoms with Gasteiger partial charge in [-0.15, -0.1) is 0 Å². The maximum absolute atomic E-state index is 5.72. The van der Waals surface area contributed by atoms with Gasteiger partial charge in [-0.1, -0.05) is 117 Å². The predicted molar refractivity (Wildman–Crippen MR) is 105 cm³/mol. The molecule has 0 spiro atoms. The first-order chi connectivity index (χ1) is 11.4. The first-order valence-electron chi connectivity index (χ1n) is 10.6. The lowest BCUT2D eigenvalue weighted by atomic mass is 10.1. The Morgan fingerprint density at radius 3 is 0.913 bits per heavy atom. The van der Waals surface area contributed by atoms with Crippen LogP contribution in [0.5, 0.6) is 0 Å². The van der Waals surface area contributed by atoms with E-state index in [0.717, 1.165) is 26.1 Å². The summed E-state index contributed by atoms with van der Waals surface area (Å²) in [6.07, 6.45) is 24.1. The molecule has 0 aliphatic rings. The molecule has 0 amide bonds. The fraction of sp³-hybridized carbons (Fsp3) is 0.909. The van der Waals surface area contributed by atoms with E-state index in [4.69, 9.17) is 4.74 Å². The maximum atomic E-state index is 5.72. The van der Waals surface area contributed by atoms with Gasteiger partial charge in [0, 0.05) is 13.2 Å². The summed E-state index contributed by atoms with van der Waals surface area (Å²) in [5.74, 6) is 0. The zero-order valence-electron chi connectivity index (χ0n) is 16.0. The first kappa shape index (κ1) is 23.0. The molecule has 0 aliphatic heterocycles. The summed E-state index contributed by atoms with van der Waals surface area (Å²) < 4.78 is 5.72. The van der Waals surface area contributed by atoms with Crippen molar-refractivity contribution in [3.05, 3.63) is 13.8 Å². The minimum Gasteiger partial charge on any atom is -0.381 e. The highest BCUT2D eigenvalue weighted by Crippen LogP contribution is 2.12. The highest BCUT2D eigenvalue weighted by Gasteiger charge is 1.94. The number of hydrogen-bond donors (Lipinski definition) is 0. The maximum Gasteiger partial charge on any atom is 0.0466 e. The quantitative estimate of drug-likeness (QED) is 0.208. The Kier molecular flexibility index (Phi) is 21.9. The lowest BCUT2D eigenvalue weighted by Gasteiger charge is -2.05. The molecule has 0 saturated carbocycles. The third-order valence-electron chi connectivity index (χ3n) is 4.58. The molecule has 0 heterocycles. The second-order valence-electron chi connectivity index (χ2n) is 6.98. The van der Waals surface area contributed by atoms with E-state index in [1.165, 1.54) is 103 Å². The van der Waals surface area contributed by atoms with Crippen LogP contribution in [0.3, 0.4) is 0 Å². The monoisotopic (exact) mass is 324 g/mol. The molecule has 1 heteroatoms. The number of ether oxygens (including phenoxy) is 1. The van der Waals surface area contributed by atoms with Crippen LogP contribution in [-0.2, 0) is 4.74 Å². The molecule has 0 N–H and O–H groups in total. The fourth-order valence-corrected chi connectivity index (χ4v) is 2.99. The number of unbranched alkanes of at least 4 members (excludes halogenated alkanes) is 16. The highest BCUT2D eigenvalue weighted by molar-refractivity contribution is 4.50. The first-order valence-corrected chi connectivity index (χ1v) is 10.6. The second kappa shape index (κ2) is 22.0. The van der Waals surface area contributed by atoms with Crippen LogP contribution < -0.4 is 0 Å². The van der Waals surface area contributed by atoms with Gasteiger partial charge in [0.1, 0.15) is 0 Å². The summed E-state index contributed by atoms with van der Waals surface area (Å²) in [5, 5.41) is 0. The van der Waals surface area contributed by atoms with Crippen molar-refractivity contribution in [2.75, 3.05) is 13.2 Å². The Morgan fingerprint density at radius 1 is 0.348 bits per heavy atom. The van der Waals surface area contributed by atoms with Gasteiger partial charge in [-0.2, -0.15) is 0 Å². The molecule has 0 aromatic carbocycles. The van der Waals surface area contributed by atoms with Crippen LogP contribution in [0.15, 0.2) is 0 Å². The van der Waals surface area contributed by atoms with Gasteiger partial charge in [-0.3, -0.25) is 0 Å². The molecule has 0 rings (SSSR count). The Hall–Kier alpha value is -0.0400. The van der Waals surface area contributed by atoms with Crippen molar-refractivity contribution in [3.63, 3.8) is 0 Å². The van der Waals surface area contributed by atoms with E-state index in [-0.39, 0.29) is 0 Å². The summed E-state index contributed by atoms with van der Waals surface area (Å²) in [4.78, 5) is 0. The molecule has 0 unspecified atom stereocenters. The van der Waals surface area contributed by atoms with Crippen molar-refractivity contribution in [2.45, 2.75) is 116 Å². The van der Waals surface area contributed by atoms with Crippen molar-refractivity contribution < 1.29 is 4.74 Å². The normalized spacial score (nSPS) is 11.2. The molecular weight excluding hydrogens is 280 g/mol. The summed E-state index contributed by atoms with van der Waals surface area (Å²) in [6.45, 7) is 9.72. The highest BCUT2D eigenvalue weighted by atomic mass is 16.5. The molecule has 0 aromatic rings. The van der Waals surface area contributed by atoms with Gasteiger partial charge < -0.3 is 4.74 Å². The molecule has 0 fully saturated rings. The van der Waals surface area contributed by atoms with E-state index >= 15 is 0 Å². The van der Waals surface area contributed by atoms with Crippen molar-refractivity contribution in [1.29, 1.82) is 0 Å². The van der Waals surface area contributed by atoms with Gasteiger partial charge in [0.15, 0.2) is 0 Å². The molecule has 2 radical (unpaired) electrons. The predicted octanol–water partition coefficient (Wildman–Crippen LogP) is 7.69. The van der Waals surface area contributed by atoms with E-state index in [1.54, 1.807) is 0 Å². The molecule has 0 aromatic heterocycles. The van der Waals surface area contributed by atoms with Crippen LogP contribution in [0.4, 0.5) is 0 Å². The zero-order chi connectivity index (χ0) is 16.8. The van der Waals surface area contributed by atoms with E-state index in [0.29, 0.717) is 0 Å². The standard InChI is InChI=1S/C22H44O/c1-3-5-7-9-11-12-13-14-15-16-18-20-22-23-21-19-17-10-8-6-4-2/h1-22H2. The fourth-order valence-electron chi connectivity index (χ4n) is 2.99. The Labute approximate surface area is 148 Å². The van der Waals surface area contributed by atoms with E-state index in [1.807, 2.05) is 0 Å². The molecule has 1 nitrogen and oxygen atoms in total. The number of hydrogen-bond acceptors (Lipinski definition) is 1. The number of rotatable bonds is 20. The van der Waals surface area contributed by atoms with Crippen LogP contribution in [0, 0.1) is 13.8 Å². The van der Waals surface area contributed by atoms with Gasteiger partial charge in [-0.05, 0) is 12.8 Å². The molecule has 23 heavy (non-hydrogen) atoms. The smallest absolute Gasteiger partial charge is 0.0466 e. The van der Waals surface area contributed by atoms with E-state index in [2.05, 4.69) is 13.8 Å². The summed E-state index contributed by atoms with van der Waals surface area (Å²) in [5.41, 5.74) is 0. The molecule has 0 atom stereocenters. The SMILES string of the molecule is [CH2]CCCCCCCCCCCCCOCCCCCCC[CH2]. The zero-order valence-corrected chi connectivity index (χ0v) is 16.0. The van der Waals surface area contributed by atoms with Crippen LogP contribution in [-0.4, -0.2) is 13.2 Å². The van der Waals surface area contributed by atoms with Gasteiger partial charge in [0.2, 0.25) is 0 Å². The minimum atomic E-state index is 0.971. The van der Waals surface area contributed by atoms with Crippen molar-refractivity contribution in [1.82, 2.24) is 0 Å². The molecule has 138 valence electrons. The lowest BCUT2D eigenvalue weighted by Crippen LogP contribution is -1.97. The Morgan fingerprint density at radius 2 is 0.609 bits per heavy atom. The van der Waals surface area contributed by atoms with Crippen molar-refractivity contribution in [2.24, 2.45) is 0 Å². The second-order valence-corrected chi connectivity index (χ2v) is 6.98. The lowest BCUT2D eigenvalue weighted by molar-refractivity contribution is 0.125. The van der Waals surface area contributed by atoms with Crippen molar-refractivity contribution >= 4 is 0 Å². The van der Waals surface area contributed by atoms with Crippen LogP contribution in [0.25, 0.3) is 0 Å². The largest absolute Gasteiger partial charge is 0.381 e. The molecule has 0 saturated heterocycles. The summed E-state index contributed by atoms with van der Waals surface area (Å²) >= 11 is 0. The van der Waals surface area contributed by atoms with Gasteiger partial charge >= 0.3 is 0 Å². The van der Waals surface area contributed by atoms with E-state index in [9.17, 15) is 0 Å². The molecule has 0 bridgehead atoms. The van der Waals surface area contributed by atoms with Gasteiger partial charge in [0.05, 0.1) is 0 Å². The van der Waals surface area contributed by atoms with Crippen LogP contribution in [0.2, 0.25) is 0 Å². The average molecular weight is 325 g/mol. The third kappa shape index (κ3) is 22.0. The summed E-state index contributed by atoms with van der Waals surface area (Å²) in [7, 11) is 0. The third-order valence-corrected chi connectivity index (χ3v) is 4.58. The Balaban J connectivity index is 2.92. The topological polar surface area (TPSA) is 9.23 Å². The minimum absolute atomic E-state index is 0.971. The van der Waals surface area contributed by atoms with Crippen LogP contribution >= 0.6 is 0 Å². The van der Waals surface area contributed by atoms with Gasteiger partial charge in [-0.25, -0.2) is 0 Å². The molecule has 0 aliphatic carbocycles. The van der Waals surface area contributed by atoms with Crippen LogP contribution in [0.1, 0.15) is 116 Å². The van der Waals surface area contributed by atoms with Gasteiger partial charge in [0.25, 0.3) is 0 Å². The van der Waals surface area contributed by atoms with Crippen molar-refractivity contribution in [3.8, 4) is 0 Å². The average Bonchev–Trinajstić information content (AvgIpc) is 2.57. The molecular formula is C22H44O. The summed E-state index contributed by atoms with van der Waals surface area (Å²) in [6, 6.07) is 0.